The molecule has 1 saturated heterocycles. The topological polar surface area (TPSA) is 55.4 Å². The van der Waals surface area contributed by atoms with Crippen LogP contribution in [-0.2, 0) is 9.59 Å². The zero-order valence-electron chi connectivity index (χ0n) is 12.4. The number of rotatable bonds is 1. The van der Waals surface area contributed by atoms with Gasteiger partial charge in [0.1, 0.15) is 17.5 Å². The Labute approximate surface area is 134 Å². The molecule has 1 amide bonds. The first-order valence-electron chi connectivity index (χ1n) is 7.83. The van der Waals surface area contributed by atoms with E-state index in [0.29, 0.717) is 5.02 Å². The van der Waals surface area contributed by atoms with Crippen LogP contribution in [0, 0.1) is 11.8 Å². The first kappa shape index (κ1) is 14.1. The van der Waals surface area contributed by atoms with Gasteiger partial charge in [0.05, 0.1) is 0 Å². The van der Waals surface area contributed by atoms with Gasteiger partial charge in [-0.3, -0.25) is 9.59 Å². The van der Waals surface area contributed by atoms with Crippen molar-refractivity contribution in [2.45, 2.75) is 44.2 Å². The van der Waals surface area contributed by atoms with Crippen molar-refractivity contribution in [3.63, 3.8) is 0 Å². The number of hydrogen-bond donors (Lipinski definition) is 1. The highest BCUT2D eigenvalue weighted by Gasteiger charge is 2.60. The summed E-state index contributed by atoms with van der Waals surface area (Å²) < 4.78 is 6.25. The number of carbonyl (C=O) groups excluding carboxylic acids is 2. The molecule has 0 radical (unpaired) electrons. The van der Waals surface area contributed by atoms with Crippen LogP contribution in [0.15, 0.2) is 18.2 Å². The van der Waals surface area contributed by atoms with E-state index in [0.717, 1.165) is 37.0 Å². The highest BCUT2D eigenvalue weighted by Crippen LogP contribution is 2.55. The Hall–Kier alpha value is -1.55. The monoisotopic (exact) mass is 319 g/mol. The second kappa shape index (κ2) is 4.72. The number of benzene rings is 1. The van der Waals surface area contributed by atoms with Crippen LogP contribution < -0.4 is 10.1 Å². The van der Waals surface area contributed by atoms with E-state index in [1.165, 1.54) is 6.92 Å². The van der Waals surface area contributed by atoms with Crippen molar-refractivity contribution in [3.05, 3.63) is 28.8 Å². The normalized spacial score (nSPS) is 35.7. The number of hydrogen-bond acceptors (Lipinski definition) is 3. The lowest BCUT2D eigenvalue weighted by atomic mass is 9.61. The van der Waals surface area contributed by atoms with Crippen LogP contribution in [0.1, 0.15) is 44.1 Å². The summed E-state index contributed by atoms with van der Waals surface area (Å²) in [6, 6.07) is 5.50. The molecule has 4 nitrogen and oxygen atoms in total. The third kappa shape index (κ3) is 1.83. The Morgan fingerprint density at radius 1 is 1.41 bits per heavy atom. The van der Waals surface area contributed by atoms with Gasteiger partial charge >= 0.3 is 0 Å². The average molecular weight is 320 g/mol. The van der Waals surface area contributed by atoms with E-state index in [9.17, 15) is 9.59 Å². The van der Waals surface area contributed by atoms with Gasteiger partial charge in [0.2, 0.25) is 5.91 Å². The first-order chi connectivity index (χ1) is 10.5. The Kier molecular flexibility index (Phi) is 3.02. The van der Waals surface area contributed by atoms with Gasteiger partial charge in [-0.2, -0.15) is 0 Å². The molecule has 0 unspecified atom stereocenters. The molecule has 1 aromatic carbocycles. The predicted molar refractivity (Wildman–Crippen MR) is 81.8 cm³/mol. The highest BCUT2D eigenvalue weighted by molar-refractivity contribution is 6.30. The molecule has 2 heterocycles. The van der Waals surface area contributed by atoms with Crippen molar-refractivity contribution in [1.82, 2.24) is 5.32 Å². The second-order valence-electron chi connectivity index (χ2n) is 6.63. The van der Waals surface area contributed by atoms with Gasteiger partial charge in [-0.05, 0) is 38.0 Å². The number of ether oxygens (including phenoxy) is 1. The molecule has 2 aliphatic heterocycles. The highest BCUT2D eigenvalue weighted by atomic mass is 35.5. The standard InChI is InChI=1S/C17H18ClNO3/c1-9(20)14-15-11-8-10(18)5-6-13(11)22-17(19-16(14)21)7-3-2-4-12(15)17/h5-6,8,12,14-15H,2-4,7H2,1H3,(H,19,21)/t12-,14-,15+,17-/m0/s1. The number of ketones is 1. The van der Waals surface area contributed by atoms with Crippen LogP contribution >= 0.6 is 11.6 Å². The van der Waals surface area contributed by atoms with E-state index < -0.39 is 11.6 Å². The number of fused-ring (bicyclic) bond motifs is 2. The summed E-state index contributed by atoms with van der Waals surface area (Å²) in [5.41, 5.74) is 0.261. The molecule has 116 valence electrons. The van der Waals surface area contributed by atoms with Gasteiger partial charge in [0, 0.05) is 28.8 Å². The molecule has 2 fully saturated rings. The zero-order chi connectivity index (χ0) is 15.5. The van der Waals surface area contributed by atoms with E-state index in [1.54, 1.807) is 6.07 Å². The Morgan fingerprint density at radius 2 is 2.23 bits per heavy atom. The molecule has 5 heteroatoms. The SMILES string of the molecule is CC(=O)[C@@H]1C(=O)N[C@]23CCCC[C@H]2[C@H]1c1cc(Cl)ccc1O3. The molecule has 0 aromatic heterocycles. The summed E-state index contributed by atoms with van der Waals surface area (Å²) in [5.74, 6) is -0.181. The maximum atomic E-state index is 12.5. The van der Waals surface area contributed by atoms with Crippen molar-refractivity contribution in [2.24, 2.45) is 11.8 Å². The molecule has 22 heavy (non-hydrogen) atoms. The van der Waals surface area contributed by atoms with Gasteiger partial charge < -0.3 is 10.1 Å². The van der Waals surface area contributed by atoms with E-state index in [-0.39, 0.29) is 23.5 Å². The quantitative estimate of drug-likeness (QED) is 0.809. The number of Topliss-reactive ketones (excluding diaryl/α,β-unsaturated/α-hetero) is 1. The maximum Gasteiger partial charge on any atom is 0.234 e. The van der Waals surface area contributed by atoms with E-state index in [4.69, 9.17) is 16.3 Å². The molecule has 4 atom stereocenters. The smallest absolute Gasteiger partial charge is 0.234 e. The largest absolute Gasteiger partial charge is 0.467 e. The fourth-order valence-corrected chi connectivity index (χ4v) is 4.71. The Bertz CT molecular complexity index is 674. The fourth-order valence-electron chi connectivity index (χ4n) is 4.53. The summed E-state index contributed by atoms with van der Waals surface area (Å²) >= 11 is 6.15. The van der Waals surface area contributed by atoms with Gasteiger partial charge in [0.25, 0.3) is 0 Å². The van der Waals surface area contributed by atoms with Gasteiger partial charge in [-0.1, -0.05) is 18.0 Å². The minimum absolute atomic E-state index is 0.0884. The number of piperidine rings is 1. The number of nitrogens with one attached hydrogen (secondary N) is 1. The van der Waals surface area contributed by atoms with Crippen molar-refractivity contribution >= 4 is 23.3 Å². The van der Waals surface area contributed by atoms with Crippen LogP contribution in [0.4, 0.5) is 0 Å². The molecule has 4 rings (SSSR count). The maximum absolute atomic E-state index is 12.5. The summed E-state index contributed by atoms with van der Waals surface area (Å²) in [4.78, 5) is 24.7. The number of amides is 1. The van der Waals surface area contributed by atoms with Crippen molar-refractivity contribution in [3.8, 4) is 5.75 Å². The van der Waals surface area contributed by atoms with E-state index >= 15 is 0 Å². The number of halogens is 1. The third-order valence-corrected chi connectivity index (χ3v) is 5.62. The fraction of sp³-hybridized carbons (Fsp3) is 0.529. The molecule has 1 aliphatic carbocycles. The summed E-state index contributed by atoms with van der Waals surface area (Å²) in [7, 11) is 0. The summed E-state index contributed by atoms with van der Waals surface area (Å²) in [6.07, 6.45) is 3.88. The van der Waals surface area contributed by atoms with Crippen LogP contribution in [0.5, 0.6) is 5.75 Å². The minimum atomic E-state index is -0.646. The third-order valence-electron chi connectivity index (χ3n) is 5.38. The lowest BCUT2D eigenvalue weighted by Gasteiger charge is -2.56. The van der Waals surface area contributed by atoms with Crippen LogP contribution in [-0.4, -0.2) is 17.4 Å². The summed E-state index contributed by atoms with van der Waals surface area (Å²) in [6.45, 7) is 1.50. The molecule has 2 bridgehead atoms. The van der Waals surface area contributed by atoms with Crippen molar-refractivity contribution < 1.29 is 14.3 Å². The zero-order valence-corrected chi connectivity index (χ0v) is 13.2. The minimum Gasteiger partial charge on any atom is -0.467 e. The number of carbonyl (C=O) groups is 2. The molecule has 1 N–H and O–H groups in total. The van der Waals surface area contributed by atoms with Crippen molar-refractivity contribution in [1.29, 1.82) is 0 Å². The van der Waals surface area contributed by atoms with Gasteiger partial charge in [0.15, 0.2) is 5.72 Å². The molecule has 1 aromatic rings. The van der Waals surface area contributed by atoms with Gasteiger partial charge in [-0.25, -0.2) is 0 Å². The predicted octanol–water partition coefficient (Wildman–Crippen LogP) is 3.04. The lowest BCUT2D eigenvalue weighted by Crippen LogP contribution is -2.69. The molecular formula is C17H18ClNO3. The Balaban J connectivity index is 1.93. The van der Waals surface area contributed by atoms with Crippen LogP contribution in [0.2, 0.25) is 5.02 Å². The first-order valence-corrected chi connectivity index (χ1v) is 8.20. The Morgan fingerprint density at radius 3 is 3.00 bits per heavy atom. The average Bonchev–Trinajstić information content (AvgIpc) is 2.46. The molecule has 1 saturated carbocycles. The molecule has 3 aliphatic rings. The van der Waals surface area contributed by atoms with Gasteiger partial charge in [-0.15, -0.1) is 0 Å². The van der Waals surface area contributed by atoms with E-state index in [1.807, 2.05) is 12.1 Å². The molecule has 0 spiro atoms. The van der Waals surface area contributed by atoms with E-state index in [2.05, 4.69) is 5.32 Å². The second-order valence-corrected chi connectivity index (χ2v) is 7.07. The lowest BCUT2D eigenvalue weighted by molar-refractivity contribution is -0.160. The van der Waals surface area contributed by atoms with Crippen LogP contribution in [0.3, 0.4) is 0 Å². The summed E-state index contributed by atoms with van der Waals surface area (Å²) in [5, 5.41) is 3.65. The van der Waals surface area contributed by atoms with Crippen molar-refractivity contribution in [2.75, 3.05) is 0 Å². The molecular weight excluding hydrogens is 302 g/mol. The van der Waals surface area contributed by atoms with Crippen LogP contribution in [0.25, 0.3) is 0 Å².